The smallest absolute Gasteiger partial charge is 0.317 e. The van der Waals surface area contributed by atoms with Crippen LogP contribution in [0.1, 0.15) is 81.0 Å². The number of anilines is 1. The van der Waals surface area contributed by atoms with Crippen LogP contribution in [0.15, 0.2) is 42.5 Å². The Morgan fingerprint density at radius 3 is 1.70 bits per heavy atom. The number of carbonyl (C=O) groups is 7. The van der Waals surface area contributed by atoms with Crippen molar-refractivity contribution in [2.75, 3.05) is 130 Å². The zero-order valence-corrected chi connectivity index (χ0v) is 58.2. The molecule has 15 atom stereocenters. The number of carboxylic acids is 4. The molecule has 1 saturated heterocycles. The summed E-state index contributed by atoms with van der Waals surface area (Å²) in [5.41, 5.74) is 3.42. The average molecular weight is 1490 g/mol. The molecule has 0 spiro atoms. The number of H-pyrrole nitrogens is 1. The summed E-state index contributed by atoms with van der Waals surface area (Å²) < 4.78 is 0. The predicted octanol–water partition coefficient (Wildman–Crippen LogP) is -8.56. The van der Waals surface area contributed by atoms with Crippen LogP contribution >= 0.6 is 0 Å². The van der Waals surface area contributed by atoms with Crippen molar-refractivity contribution in [2.24, 2.45) is 0 Å². The van der Waals surface area contributed by atoms with E-state index in [1.807, 2.05) is 24.3 Å². The molecule has 1 fully saturated rings. The van der Waals surface area contributed by atoms with E-state index in [1.54, 1.807) is 44.8 Å². The van der Waals surface area contributed by atoms with E-state index in [0.29, 0.717) is 54.9 Å². The lowest BCUT2D eigenvalue weighted by atomic mass is 10.0. The third kappa shape index (κ3) is 30.2. The van der Waals surface area contributed by atoms with Gasteiger partial charge in [-0.3, -0.25) is 73.6 Å². The first-order valence-electron chi connectivity index (χ1n) is 34.6. The summed E-state index contributed by atoms with van der Waals surface area (Å²) in [5.74, 6) is -6.49. The molecule has 39 heteroatoms. The van der Waals surface area contributed by atoms with Crippen LogP contribution in [0.4, 0.5) is 5.69 Å². The van der Waals surface area contributed by atoms with Crippen LogP contribution in [0.3, 0.4) is 0 Å². The van der Waals surface area contributed by atoms with Gasteiger partial charge >= 0.3 is 23.9 Å². The molecule has 104 heavy (non-hydrogen) atoms. The summed E-state index contributed by atoms with van der Waals surface area (Å²) in [6.45, 7) is -3.99. The second-order valence-electron chi connectivity index (χ2n) is 26.4. The Kier molecular flexibility index (Phi) is 37.9. The van der Waals surface area contributed by atoms with Gasteiger partial charge in [0.1, 0.15) is 67.4 Å². The number of aliphatic hydroxyl groups is 14. The number of nitrogens with zero attached hydrogens (tertiary/aromatic N) is 7. The van der Waals surface area contributed by atoms with Gasteiger partial charge in [0.25, 0.3) is 0 Å². The molecular weight excluding hydrogens is 1380 g/mol. The van der Waals surface area contributed by atoms with Gasteiger partial charge in [0.05, 0.1) is 93.7 Å². The van der Waals surface area contributed by atoms with E-state index >= 15 is 0 Å². The first kappa shape index (κ1) is 87.8. The molecule has 0 saturated carbocycles. The highest BCUT2D eigenvalue weighted by atomic mass is 16.4. The van der Waals surface area contributed by atoms with E-state index in [0.717, 1.165) is 11.0 Å². The predicted molar refractivity (Wildman–Crippen MR) is 368 cm³/mol. The van der Waals surface area contributed by atoms with E-state index in [2.05, 4.69) is 41.9 Å². The molecule has 2 aromatic carbocycles. The summed E-state index contributed by atoms with van der Waals surface area (Å²) in [7, 11) is 1.74. The number of imidazole rings is 1. The molecule has 3 unspecified atom stereocenters. The van der Waals surface area contributed by atoms with Crippen molar-refractivity contribution in [3.05, 3.63) is 59.4 Å². The largest absolute Gasteiger partial charge is 0.481 e. The minimum absolute atomic E-state index is 0.00522. The first-order chi connectivity index (χ1) is 49.3. The maximum absolute atomic E-state index is 14.3. The zero-order valence-electron chi connectivity index (χ0n) is 58.2. The number of fused-ring (bicyclic) bond motifs is 2. The van der Waals surface area contributed by atoms with E-state index < -0.39 is 205 Å². The fourth-order valence-electron chi connectivity index (χ4n) is 12.0. The average Bonchev–Trinajstić information content (AvgIpc) is 1.62. The summed E-state index contributed by atoms with van der Waals surface area (Å²) >= 11 is 0. The molecule has 3 amide bonds. The molecule has 39 nitrogen and oxygen atoms in total. The number of carbonyl (C=O) groups excluding carboxylic acids is 3. The molecule has 5 rings (SSSR count). The Bertz CT molecular complexity index is 3070. The van der Waals surface area contributed by atoms with E-state index in [4.69, 9.17) is 0 Å². The lowest BCUT2D eigenvalue weighted by Crippen LogP contribution is -2.58. The summed E-state index contributed by atoms with van der Waals surface area (Å²) in [4.78, 5) is 107. The molecule has 0 bridgehead atoms. The Morgan fingerprint density at radius 1 is 0.615 bits per heavy atom. The highest BCUT2D eigenvalue weighted by Gasteiger charge is 2.36. The Morgan fingerprint density at radius 2 is 1.15 bits per heavy atom. The second kappa shape index (κ2) is 44.9. The maximum Gasteiger partial charge on any atom is 0.317 e. The van der Waals surface area contributed by atoms with Crippen molar-refractivity contribution in [1.29, 1.82) is 0 Å². The second-order valence-corrected chi connectivity index (χ2v) is 26.4. The van der Waals surface area contributed by atoms with Crippen molar-refractivity contribution >= 4 is 58.3 Å². The van der Waals surface area contributed by atoms with Gasteiger partial charge in [0, 0.05) is 97.2 Å². The number of benzene rings is 2. The number of unbranched alkanes of at least 4 members (excludes halogenated alkanes) is 3. The van der Waals surface area contributed by atoms with E-state index in [1.165, 1.54) is 9.80 Å². The Labute approximate surface area is 600 Å². The number of carboxylic acid groups (broad SMARTS) is 4. The monoisotopic (exact) mass is 1480 g/mol. The topological polar surface area (TPSA) is 604 Å². The van der Waals surface area contributed by atoms with Gasteiger partial charge in [-0.2, -0.15) is 0 Å². The molecule has 0 aliphatic carbocycles. The molecular formula is C65H108N14O25. The van der Waals surface area contributed by atoms with Crippen molar-refractivity contribution in [3.63, 3.8) is 0 Å². The highest BCUT2D eigenvalue weighted by Crippen LogP contribution is 2.31. The molecule has 588 valence electrons. The number of aromatic nitrogens is 2. The Balaban J connectivity index is 1.32. The quantitative estimate of drug-likeness (QED) is 0.0185. The minimum atomic E-state index is -2.05. The number of para-hydroxylation sites is 2. The molecule has 25 N–H and O–H groups in total. The van der Waals surface area contributed by atoms with Crippen molar-refractivity contribution in [2.45, 2.75) is 163 Å². The summed E-state index contributed by atoms with van der Waals surface area (Å²) in [6.07, 6.45) is -21.5. The number of rotatable bonds is 45. The number of hydrogen-bond donors (Lipinski definition) is 25. The number of aliphatic carboxylic acids is 4. The van der Waals surface area contributed by atoms with Crippen LogP contribution in [0, 0.1) is 0 Å². The normalized spacial score (nSPS) is 20.3. The van der Waals surface area contributed by atoms with Gasteiger partial charge in [-0.25, -0.2) is 4.98 Å². The van der Waals surface area contributed by atoms with Crippen molar-refractivity contribution in [1.82, 2.24) is 66.0 Å². The molecule has 2 aliphatic heterocycles. The van der Waals surface area contributed by atoms with Crippen LogP contribution in [0.25, 0.3) is 11.0 Å². The fraction of sp³-hybridized carbons (Fsp3) is 0.692. The first-order valence-corrected chi connectivity index (χ1v) is 34.6. The number of aliphatic hydroxyl groups excluding tert-OH is 14. The fourth-order valence-corrected chi connectivity index (χ4v) is 12.0. The molecule has 0 radical (unpaired) electrons. The van der Waals surface area contributed by atoms with Gasteiger partial charge in [0.2, 0.25) is 17.7 Å². The Hall–Kier alpha value is -6.88. The van der Waals surface area contributed by atoms with Crippen molar-refractivity contribution in [3.8, 4) is 0 Å². The third-order valence-corrected chi connectivity index (χ3v) is 18.1. The molecule has 2 aliphatic rings. The number of hydrogen-bond acceptors (Lipinski definition) is 31. The summed E-state index contributed by atoms with van der Waals surface area (Å²) in [6, 6.07) is 8.88. The zero-order chi connectivity index (χ0) is 76.7. The SMILES string of the molecule is CN(Cc1nc2ccccc2[nH]1)[C@H](O)c1ccc2c(c1)CN(CCCCCCNC(=O)[C@H](CC[C@@H](O)NC[C@H](O)[C@@H](O)[C@H](O)C(O)CO)N[C@H](O)[C@H](CCC(=O)NC[C@@H](O)[C@H](O)[C@@H](O)C(O)CO)NC(=O)CN1CCN(CC(=O)O)CCN(CC(=O)O)CCN(CC(=O)O)CC1)[C@H](O)C(CC(=O)O)N2. The molecule has 1 aromatic heterocycles. The van der Waals surface area contributed by atoms with Gasteiger partial charge in [-0.15, -0.1) is 0 Å². The maximum atomic E-state index is 14.3. The lowest BCUT2D eigenvalue weighted by molar-refractivity contribution is -0.140. The lowest BCUT2D eigenvalue weighted by Gasteiger charge is -2.33. The number of nitrogens with one attached hydrogen (secondary N) is 7. The van der Waals surface area contributed by atoms with Crippen LogP contribution in [0.5, 0.6) is 0 Å². The van der Waals surface area contributed by atoms with Gasteiger partial charge in [-0.05, 0) is 74.5 Å². The van der Waals surface area contributed by atoms with Crippen LogP contribution in [-0.2, 0) is 46.7 Å². The third-order valence-electron chi connectivity index (χ3n) is 18.1. The van der Waals surface area contributed by atoms with Crippen LogP contribution in [0.2, 0.25) is 0 Å². The van der Waals surface area contributed by atoms with Crippen LogP contribution < -0.4 is 31.9 Å². The van der Waals surface area contributed by atoms with Gasteiger partial charge in [0.15, 0.2) is 0 Å². The van der Waals surface area contributed by atoms with E-state index in [-0.39, 0.29) is 84.8 Å². The van der Waals surface area contributed by atoms with Crippen LogP contribution in [-0.4, -0.2) is 384 Å². The van der Waals surface area contributed by atoms with E-state index in [9.17, 15) is 125 Å². The molecule has 3 aromatic rings. The van der Waals surface area contributed by atoms with Gasteiger partial charge < -0.3 is 118 Å². The highest BCUT2D eigenvalue weighted by molar-refractivity contribution is 5.82. The number of amides is 3. The standard InChI is InChI=1S/C65H108N14O25/c1-74(31-50-70-41-8-4-5-9-42(41)71-50)64(103)38-10-11-40-39(26-38)30-79(65(104)45(69-40)27-54(89)90)17-7-3-2-6-16-66-62(101)43(12-14-51(86)67-28-46(82)58(97)60(99)48(84)36-80)73-63(102)44(13-15-52(87)68-29-47(83)59(98)61(100)49(85)37-81)72-53(88)32-75-18-20-76(33-55(91)92)22-24-78(35-57(95)96)25-23-77(21-19-75)34-56(93)94/h4-5,8-11,26,43-49,51,58-61,63-65,67,69,73,80-86,97-100,102-104H,2-3,6-7,12-25,27-37H2,1H3,(H,66,101)(H,68,87)(H,70,71)(H,72,88)(H,89,90)(H,91,92)(H,93,94)(H,95,96)/t43-,44-,45?,46-,47+,48?,49?,51+,58+,59-,60+,61-,63+,64+,65+/m0/s1. The van der Waals surface area contributed by atoms with Gasteiger partial charge in [-0.1, -0.05) is 31.0 Å². The van der Waals surface area contributed by atoms with Crippen molar-refractivity contribution < 1.29 is 125 Å². The minimum Gasteiger partial charge on any atom is -0.481 e. The molecule has 3 heterocycles. The number of aromatic amines is 1. The summed E-state index contributed by atoms with van der Waals surface area (Å²) in [5, 5.41) is 201.